The number of hydrogen-bond acceptors (Lipinski definition) is 4. The van der Waals surface area contributed by atoms with Crippen LogP contribution in [0.25, 0.3) is 0 Å². The van der Waals surface area contributed by atoms with Crippen LogP contribution in [0.4, 0.5) is 0 Å². The Morgan fingerprint density at radius 2 is 1.72 bits per heavy atom. The fourth-order valence-electron chi connectivity index (χ4n) is 1.23. The summed E-state index contributed by atoms with van der Waals surface area (Å²) in [7, 11) is 3.64. The molecule has 0 radical (unpaired) electrons. The second-order valence-electron chi connectivity index (χ2n) is 4.61. The molecule has 2 amide bonds. The average Bonchev–Trinajstić information content (AvgIpc) is 2.23. The molecule has 0 atom stereocenters. The van der Waals surface area contributed by atoms with Gasteiger partial charge in [-0.05, 0) is 27.9 Å². The maximum atomic E-state index is 11.4. The lowest BCUT2D eigenvalue weighted by Gasteiger charge is -2.10. The van der Waals surface area contributed by atoms with Crippen LogP contribution >= 0.6 is 0 Å². The maximum Gasteiger partial charge on any atom is 0.234 e. The van der Waals surface area contributed by atoms with Crippen LogP contribution in [0.1, 0.15) is 20.3 Å². The first kappa shape index (κ1) is 16.9. The molecule has 0 unspecified atom stereocenters. The third kappa shape index (κ3) is 11.3. The molecular weight excluding hydrogens is 234 g/mol. The van der Waals surface area contributed by atoms with E-state index in [2.05, 4.69) is 10.6 Å². The van der Waals surface area contributed by atoms with Crippen LogP contribution in [0.15, 0.2) is 0 Å². The van der Waals surface area contributed by atoms with E-state index in [1.165, 1.54) is 0 Å². The molecule has 0 aliphatic carbocycles. The van der Waals surface area contributed by atoms with Gasteiger partial charge in [0.25, 0.3) is 0 Å². The molecule has 0 aliphatic rings. The summed E-state index contributed by atoms with van der Waals surface area (Å²) < 4.78 is 5.29. The zero-order valence-electron chi connectivity index (χ0n) is 11.8. The van der Waals surface area contributed by atoms with Crippen molar-refractivity contribution < 1.29 is 14.3 Å². The molecule has 18 heavy (non-hydrogen) atoms. The highest BCUT2D eigenvalue weighted by Crippen LogP contribution is 1.85. The van der Waals surface area contributed by atoms with Crippen LogP contribution < -0.4 is 10.6 Å². The van der Waals surface area contributed by atoms with Crippen molar-refractivity contribution in [1.29, 1.82) is 0 Å². The van der Waals surface area contributed by atoms with Crippen molar-refractivity contribution in [1.82, 2.24) is 15.5 Å². The summed E-state index contributed by atoms with van der Waals surface area (Å²) in [6, 6.07) is 0. The topological polar surface area (TPSA) is 70.7 Å². The predicted octanol–water partition coefficient (Wildman–Crippen LogP) is -0.404. The number of amides is 2. The number of ether oxygens (including phenoxy) is 1. The summed E-state index contributed by atoms with van der Waals surface area (Å²) in [6.45, 7) is 5.61. The van der Waals surface area contributed by atoms with E-state index in [4.69, 9.17) is 4.74 Å². The molecule has 0 bridgehead atoms. The van der Waals surface area contributed by atoms with Gasteiger partial charge in [-0.25, -0.2) is 0 Å². The molecule has 0 heterocycles. The molecule has 0 aromatic rings. The van der Waals surface area contributed by atoms with Gasteiger partial charge in [-0.3, -0.25) is 9.59 Å². The van der Waals surface area contributed by atoms with Crippen LogP contribution in [0.5, 0.6) is 0 Å². The van der Waals surface area contributed by atoms with Gasteiger partial charge in [0.1, 0.15) is 0 Å². The van der Waals surface area contributed by atoms with Crippen molar-refractivity contribution in [2.24, 2.45) is 0 Å². The average molecular weight is 259 g/mol. The number of nitrogens with zero attached hydrogens (tertiary/aromatic N) is 1. The smallest absolute Gasteiger partial charge is 0.234 e. The number of hydrogen-bond donors (Lipinski definition) is 2. The normalized spacial score (nSPS) is 10.8. The van der Waals surface area contributed by atoms with Crippen LogP contribution in [0, 0.1) is 0 Å². The fraction of sp³-hybridized carbons (Fsp3) is 0.833. The molecular formula is C12H25N3O3. The maximum absolute atomic E-state index is 11.4. The molecule has 6 heteroatoms. The highest BCUT2D eigenvalue weighted by atomic mass is 16.5. The molecule has 0 aromatic heterocycles. The third-order valence-electron chi connectivity index (χ3n) is 2.01. The lowest BCUT2D eigenvalue weighted by Crippen LogP contribution is -2.36. The Bertz CT molecular complexity index is 255. The largest absolute Gasteiger partial charge is 0.377 e. The minimum Gasteiger partial charge on any atom is -0.377 e. The van der Waals surface area contributed by atoms with E-state index in [0.717, 1.165) is 0 Å². The van der Waals surface area contributed by atoms with E-state index in [1.807, 2.05) is 27.9 Å². The highest BCUT2D eigenvalue weighted by Gasteiger charge is 2.04. The van der Waals surface area contributed by atoms with Crippen molar-refractivity contribution in [2.45, 2.75) is 26.4 Å². The second kappa shape index (κ2) is 9.85. The predicted molar refractivity (Wildman–Crippen MR) is 70.3 cm³/mol. The van der Waals surface area contributed by atoms with Gasteiger partial charge in [0, 0.05) is 19.5 Å². The summed E-state index contributed by atoms with van der Waals surface area (Å²) in [4.78, 5) is 24.4. The standard InChI is InChI=1S/C12H25N3O3/c1-10(2)18-8-7-14-11(16)5-6-13-12(17)9-15(3)4/h10H,5-9H2,1-4H3,(H,13,17)(H,14,16). The number of carbonyl (C=O) groups excluding carboxylic acids is 2. The highest BCUT2D eigenvalue weighted by molar-refractivity contribution is 5.80. The summed E-state index contributed by atoms with van der Waals surface area (Å²) in [5, 5.41) is 5.41. The van der Waals surface area contributed by atoms with Gasteiger partial charge < -0.3 is 20.3 Å². The van der Waals surface area contributed by atoms with Gasteiger partial charge in [-0.1, -0.05) is 0 Å². The van der Waals surface area contributed by atoms with Gasteiger partial charge in [0.2, 0.25) is 11.8 Å². The first-order valence-corrected chi connectivity index (χ1v) is 6.21. The van der Waals surface area contributed by atoms with Crippen molar-refractivity contribution in [2.75, 3.05) is 40.3 Å². The van der Waals surface area contributed by atoms with Crippen LogP contribution in [0.2, 0.25) is 0 Å². The van der Waals surface area contributed by atoms with E-state index >= 15 is 0 Å². The molecule has 0 saturated carbocycles. The van der Waals surface area contributed by atoms with E-state index in [0.29, 0.717) is 32.7 Å². The van der Waals surface area contributed by atoms with Gasteiger partial charge in [0.05, 0.1) is 19.3 Å². The third-order valence-corrected chi connectivity index (χ3v) is 2.01. The summed E-state index contributed by atoms with van der Waals surface area (Å²) >= 11 is 0. The van der Waals surface area contributed by atoms with Crippen molar-refractivity contribution in [3.63, 3.8) is 0 Å². The van der Waals surface area contributed by atoms with Crippen LogP contribution in [0.3, 0.4) is 0 Å². The Balaban J connectivity index is 3.45. The molecule has 0 fully saturated rings. The molecule has 6 nitrogen and oxygen atoms in total. The zero-order valence-corrected chi connectivity index (χ0v) is 11.8. The number of nitrogens with one attached hydrogen (secondary N) is 2. The number of likely N-dealkylation sites (N-methyl/N-ethyl adjacent to an activating group) is 1. The molecule has 0 aliphatic heterocycles. The molecule has 0 aromatic carbocycles. The molecule has 0 spiro atoms. The van der Waals surface area contributed by atoms with Gasteiger partial charge in [-0.2, -0.15) is 0 Å². The fourth-order valence-corrected chi connectivity index (χ4v) is 1.23. The summed E-state index contributed by atoms with van der Waals surface area (Å²) in [5.41, 5.74) is 0. The molecule has 106 valence electrons. The van der Waals surface area contributed by atoms with Crippen molar-refractivity contribution in [3.05, 3.63) is 0 Å². The van der Waals surface area contributed by atoms with Gasteiger partial charge in [-0.15, -0.1) is 0 Å². The summed E-state index contributed by atoms with van der Waals surface area (Å²) in [5.74, 6) is -0.150. The van der Waals surface area contributed by atoms with E-state index in [-0.39, 0.29) is 17.9 Å². The molecule has 0 rings (SSSR count). The minimum atomic E-state index is -0.0764. The Morgan fingerprint density at radius 3 is 2.28 bits per heavy atom. The zero-order chi connectivity index (χ0) is 14.0. The second-order valence-corrected chi connectivity index (χ2v) is 4.61. The van der Waals surface area contributed by atoms with E-state index in [9.17, 15) is 9.59 Å². The lowest BCUT2D eigenvalue weighted by molar-refractivity contribution is -0.122. The molecule has 2 N–H and O–H groups in total. The van der Waals surface area contributed by atoms with Crippen molar-refractivity contribution in [3.8, 4) is 0 Å². The Kier molecular flexibility index (Phi) is 9.22. The Labute approximate surface area is 109 Å². The SMILES string of the molecule is CC(C)OCCNC(=O)CCNC(=O)CN(C)C. The minimum absolute atomic E-state index is 0.0732. The van der Waals surface area contributed by atoms with Crippen molar-refractivity contribution >= 4 is 11.8 Å². The molecule has 0 saturated heterocycles. The van der Waals surface area contributed by atoms with E-state index in [1.54, 1.807) is 4.90 Å². The lowest BCUT2D eigenvalue weighted by atomic mass is 10.4. The monoisotopic (exact) mass is 259 g/mol. The Hall–Kier alpha value is -1.14. The van der Waals surface area contributed by atoms with Gasteiger partial charge >= 0.3 is 0 Å². The first-order chi connectivity index (χ1) is 8.41. The first-order valence-electron chi connectivity index (χ1n) is 6.21. The quantitative estimate of drug-likeness (QED) is 0.553. The summed E-state index contributed by atoms with van der Waals surface area (Å²) in [6.07, 6.45) is 0.466. The Morgan fingerprint density at radius 1 is 1.11 bits per heavy atom. The number of carbonyl (C=O) groups is 2. The van der Waals surface area contributed by atoms with Gasteiger partial charge in [0.15, 0.2) is 0 Å². The van der Waals surface area contributed by atoms with E-state index < -0.39 is 0 Å². The number of rotatable bonds is 9. The van der Waals surface area contributed by atoms with Crippen LogP contribution in [-0.2, 0) is 14.3 Å². The van der Waals surface area contributed by atoms with Crippen LogP contribution in [-0.4, -0.2) is 63.2 Å².